The molecule has 7 nitrogen and oxygen atoms in total. The highest BCUT2D eigenvalue weighted by Crippen LogP contribution is 2.26. The van der Waals surface area contributed by atoms with Crippen LogP contribution in [-0.2, 0) is 11.8 Å². The van der Waals surface area contributed by atoms with Gasteiger partial charge in [-0.15, -0.1) is 0 Å². The molecule has 0 spiro atoms. The molecule has 1 aliphatic rings. The molecule has 0 radical (unpaired) electrons. The fraction of sp³-hybridized carbons (Fsp3) is 0.545. The zero-order valence-corrected chi connectivity index (χ0v) is 9.98. The highest BCUT2D eigenvalue weighted by atomic mass is 16.5. The lowest BCUT2D eigenvalue weighted by Crippen LogP contribution is -2.30. The summed E-state index contributed by atoms with van der Waals surface area (Å²) >= 11 is 0. The second-order valence-corrected chi connectivity index (χ2v) is 4.37. The zero-order valence-electron chi connectivity index (χ0n) is 9.98. The van der Waals surface area contributed by atoms with Crippen molar-refractivity contribution in [3.05, 3.63) is 18.2 Å². The molecule has 18 heavy (non-hydrogen) atoms. The predicted octanol–water partition coefficient (Wildman–Crippen LogP) is 0.335. The van der Waals surface area contributed by atoms with Crippen LogP contribution in [-0.4, -0.2) is 44.3 Å². The van der Waals surface area contributed by atoms with Gasteiger partial charge in [0.2, 0.25) is 11.7 Å². The second kappa shape index (κ2) is 4.51. The summed E-state index contributed by atoms with van der Waals surface area (Å²) in [5.74, 6) is 0.593. The highest BCUT2D eigenvalue weighted by molar-refractivity contribution is 5.46. The van der Waals surface area contributed by atoms with Crippen molar-refractivity contribution in [2.45, 2.75) is 18.4 Å². The monoisotopic (exact) mass is 250 g/mol. The minimum atomic E-state index is -0.490. The van der Waals surface area contributed by atoms with Gasteiger partial charge in [-0.25, -0.2) is 0 Å². The lowest BCUT2D eigenvalue weighted by atomic mass is 9.99. The molecule has 1 saturated heterocycles. The molecule has 2 atom stereocenters. The molecule has 1 N–H and O–H groups in total. The van der Waals surface area contributed by atoms with Crippen LogP contribution in [0.5, 0.6) is 0 Å². The number of nitrogens with zero attached hydrogens (tertiary/aromatic N) is 4. The number of ether oxygens (including phenoxy) is 1. The Morgan fingerprint density at radius 2 is 2.39 bits per heavy atom. The van der Waals surface area contributed by atoms with Crippen LogP contribution in [0.1, 0.15) is 18.2 Å². The summed E-state index contributed by atoms with van der Waals surface area (Å²) < 4.78 is 12.2. The molecule has 0 amide bonds. The summed E-state index contributed by atoms with van der Waals surface area (Å²) in [4.78, 5) is 4.27. The van der Waals surface area contributed by atoms with Gasteiger partial charge in [0.15, 0.2) is 0 Å². The molecule has 2 aromatic rings. The van der Waals surface area contributed by atoms with E-state index >= 15 is 0 Å². The third-order valence-corrected chi connectivity index (χ3v) is 3.02. The highest BCUT2D eigenvalue weighted by Gasteiger charge is 2.30. The molecule has 0 saturated carbocycles. The molecule has 0 bridgehead atoms. The Morgan fingerprint density at radius 3 is 3.11 bits per heavy atom. The van der Waals surface area contributed by atoms with Crippen LogP contribution >= 0.6 is 0 Å². The van der Waals surface area contributed by atoms with E-state index in [0.717, 1.165) is 0 Å². The molecule has 2 unspecified atom stereocenters. The third-order valence-electron chi connectivity index (χ3n) is 3.02. The lowest BCUT2D eigenvalue weighted by molar-refractivity contribution is -0.0149. The lowest BCUT2D eigenvalue weighted by Gasteiger charge is -2.24. The molecule has 3 heterocycles. The van der Waals surface area contributed by atoms with Crippen LogP contribution in [0.4, 0.5) is 0 Å². The summed E-state index contributed by atoms with van der Waals surface area (Å²) in [6, 6.07) is 1.81. The maximum absolute atomic E-state index is 9.88. The Kier molecular flexibility index (Phi) is 2.85. The first kappa shape index (κ1) is 11.4. The summed E-state index contributed by atoms with van der Waals surface area (Å²) in [5, 5.41) is 18.0. The first-order chi connectivity index (χ1) is 8.74. The fourth-order valence-corrected chi connectivity index (χ4v) is 1.99. The molecule has 0 aliphatic carbocycles. The van der Waals surface area contributed by atoms with Crippen molar-refractivity contribution in [3.8, 4) is 11.5 Å². The van der Waals surface area contributed by atoms with Gasteiger partial charge < -0.3 is 14.4 Å². The van der Waals surface area contributed by atoms with E-state index < -0.39 is 6.10 Å². The average molecular weight is 250 g/mol. The van der Waals surface area contributed by atoms with Gasteiger partial charge in [-0.2, -0.15) is 10.1 Å². The van der Waals surface area contributed by atoms with Crippen LogP contribution in [0.2, 0.25) is 0 Å². The Hall–Kier alpha value is -1.73. The maximum atomic E-state index is 9.88. The number of aryl methyl sites for hydroxylation is 1. The number of aliphatic hydroxyl groups is 1. The van der Waals surface area contributed by atoms with E-state index in [1.54, 1.807) is 4.68 Å². The molecular formula is C11H14N4O3. The van der Waals surface area contributed by atoms with Gasteiger partial charge in [0.05, 0.1) is 18.6 Å². The summed E-state index contributed by atoms with van der Waals surface area (Å²) in [7, 11) is 1.82. The summed E-state index contributed by atoms with van der Waals surface area (Å²) in [6.07, 6.45) is 1.91. The van der Waals surface area contributed by atoms with Crippen LogP contribution in [0.3, 0.4) is 0 Å². The molecular weight excluding hydrogens is 236 g/mol. The van der Waals surface area contributed by atoms with Gasteiger partial charge in [0.1, 0.15) is 5.69 Å². The van der Waals surface area contributed by atoms with Crippen LogP contribution in [0.25, 0.3) is 11.5 Å². The zero-order chi connectivity index (χ0) is 12.5. The predicted molar refractivity (Wildman–Crippen MR) is 60.7 cm³/mol. The van der Waals surface area contributed by atoms with Crippen molar-refractivity contribution in [3.63, 3.8) is 0 Å². The SMILES string of the molecule is Cn1ccc(-c2noc(C3COCCC3O)n2)n1. The van der Waals surface area contributed by atoms with Gasteiger partial charge in [-0.3, -0.25) is 4.68 Å². The molecule has 7 heteroatoms. The van der Waals surface area contributed by atoms with Gasteiger partial charge in [-0.05, 0) is 12.5 Å². The van der Waals surface area contributed by atoms with Gasteiger partial charge in [-0.1, -0.05) is 5.16 Å². The molecule has 1 fully saturated rings. The fourth-order valence-electron chi connectivity index (χ4n) is 1.99. The Bertz CT molecular complexity index is 536. The quantitative estimate of drug-likeness (QED) is 0.826. The van der Waals surface area contributed by atoms with E-state index in [-0.39, 0.29) is 5.92 Å². The van der Waals surface area contributed by atoms with E-state index in [1.165, 1.54) is 0 Å². The van der Waals surface area contributed by atoms with Crippen molar-refractivity contribution in [1.29, 1.82) is 0 Å². The molecule has 0 aromatic carbocycles. The summed E-state index contributed by atoms with van der Waals surface area (Å²) in [6.45, 7) is 0.976. The van der Waals surface area contributed by atoms with Crippen molar-refractivity contribution in [1.82, 2.24) is 19.9 Å². The maximum Gasteiger partial charge on any atom is 0.235 e. The minimum absolute atomic E-state index is 0.247. The van der Waals surface area contributed by atoms with E-state index in [1.807, 2.05) is 19.3 Å². The Balaban J connectivity index is 1.84. The third kappa shape index (κ3) is 2.02. The smallest absolute Gasteiger partial charge is 0.235 e. The number of hydrogen-bond donors (Lipinski definition) is 1. The number of aromatic nitrogens is 4. The summed E-state index contributed by atoms with van der Waals surface area (Å²) in [5.41, 5.74) is 0.652. The van der Waals surface area contributed by atoms with Crippen LogP contribution in [0.15, 0.2) is 16.8 Å². The molecule has 1 aliphatic heterocycles. The molecule has 2 aromatic heterocycles. The topological polar surface area (TPSA) is 86.2 Å². The number of rotatable bonds is 2. The van der Waals surface area contributed by atoms with Gasteiger partial charge in [0, 0.05) is 19.9 Å². The standard InChI is InChI=1S/C11H14N4O3/c1-15-4-2-8(13-15)10-12-11(18-14-10)7-6-17-5-3-9(7)16/h2,4,7,9,16H,3,5-6H2,1H3. The Labute approximate surface area is 103 Å². The largest absolute Gasteiger partial charge is 0.392 e. The molecule has 96 valence electrons. The minimum Gasteiger partial charge on any atom is -0.392 e. The normalized spacial score (nSPS) is 24.3. The number of hydrogen-bond acceptors (Lipinski definition) is 6. The van der Waals surface area contributed by atoms with Crippen molar-refractivity contribution >= 4 is 0 Å². The van der Waals surface area contributed by atoms with Gasteiger partial charge >= 0.3 is 0 Å². The van der Waals surface area contributed by atoms with Crippen molar-refractivity contribution in [2.24, 2.45) is 7.05 Å². The van der Waals surface area contributed by atoms with Crippen LogP contribution < -0.4 is 0 Å². The average Bonchev–Trinajstić information content (AvgIpc) is 2.98. The van der Waals surface area contributed by atoms with Crippen molar-refractivity contribution < 1.29 is 14.4 Å². The number of aliphatic hydroxyl groups excluding tert-OH is 1. The van der Waals surface area contributed by atoms with E-state index in [4.69, 9.17) is 9.26 Å². The Morgan fingerprint density at radius 1 is 1.50 bits per heavy atom. The van der Waals surface area contributed by atoms with Crippen molar-refractivity contribution in [2.75, 3.05) is 13.2 Å². The second-order valence-electron chi connectivity index (χ2n) is 4.37. The molecule has 3 rings (SSSR count). The van der Waals surface area contributed by atoms with E-state index in [0.29, 0.717) is 37.0 Å². The van der Waals surface area contributed by atoms with Crippen LogP contribution in [0, 0.1) is 0 Å². The van der Waals surface area contributed by atoms with E-state index in [2.05, 4.69) is 15.2 Å². The van der Waals surface area contributed by atoms with E-state index in [9.17, 15) is 5.11 Å². The van der Waals surface area contributed by atoms with Gasteiger partial charge in [0.25, 0.3) is 0 Å². The first-order valence-electron chi connectivity index (χ1n) is 5.83. The first-order valence-corrected chi connectivity index (χ1v) is 5.83.